The van der Waals surface area contributed by atoms with Crippen molar-refractivity contribution in [1.29, 1.82) is 0 Å². The summed E-state index contributed by atoms with van der Waals surface area (Å²) >= 11 is 5.80. The van der Waals surface area contributed by atoms with Gasteiger partial charge in [-0.25, -0.2) is 0 Å². The molecule has 0 radical (unpaired) electrons. The van der Waals surface area contributed by atoms with E-state index in [0.29, 0.717) is 11.3 Å². The highest BCUT2D eigenvalue weighted by Gasteiger charge is 2.37. The Hall–Kier alpha value is -0.500. The second-order valence-electron chi connectivity index (χ2n) is 2.37. The Morgan fingerprint density at radius 3 is 3.00 bits per heavy atom. The van der Waals surface area contributed by atoms with Crippen LogP contribution in [0, 0.1) is 0 Å². The number of H-pyrrole nitrogens is 1. The molecule has 3 heteroatoms. The van der Waals surface area contributed by atoms with E-state index in [1.165, 1.54) is 5.69 Å². The molecule has 2 nitrogen and oxygen atoms in total. The first kappa shape index (κ1) is 5.30. The number of aromatic amines is 1. The lowest BCUT2D eigenvalue weighted by molar-refractivity contribution is 0.966. The molecule has 0 amide bonds. The lowest BCUT2D eigenvalue weighted by Gasteiger charge is -1.85. The van der Waals surface area contributed by atoms with E-state index in [1.807, 2.05) is 6.07 Å². The van der Waals surface area contributed by atoms with Crippen LogP contribution in [-0.4, -0.2) is 15.6 Å². The van der Waals surface area contributed by atoms with Crippen molar-refractivity contribution in [2.24, 2.45) is 0 Å². The Morgan fingerprint density at radius 1 is 1.78 bits per heavy atom. The molecule has 1 aromatic rings. The summed E-state index contributed by atoms with van der Waals surface area (Å²) in [5.41, 5.74) is 1.18. The van der Waals surface area contributed by atoms with Gasteiger partial charge in [-0.15, -0.1) is 11.6 Å². The summed E-state index contributed by atoms with van der Waals surface area (Å²) in [6.45, 7) is 0. The van der Waals surface area contributed by atoms with Gasteiger partial charge in [0, 0.05) is 23.2 Å². The highest BCUT2D eigenvalue weighted by molar-refractivity contribution is 6.23. The number of hydrogen-bond acceptors (Lipinski definition) is 1. The van der Waals surface area contributed by atoms with Gasteiger partial charge in [-0.2, -0.15) is 5.10 Å². The van der Waals surface area contributed by atoms with Crippen LogP contribution in [0.25, 0.3) is 0 Å². The van der Waals surface area contributed by atoms with Crippen molar-refractivity contribution >= 4 is 11.6 Å². The SMILES string of the molecule is ClC1CC1c1ccn[nH]1. The van der Waals surface area contributed by atoms with Gasteiger partial charge in [0.15, 0.2) is 0 Å². The maximum atomic E-state index is 5.80. The molecule has 1 aliphatic carbocycles. The second-order valence-corrected chi connectivity index (χ2v) is 2.93. The predicted molar refractivity (Wildman–Crippen MR) is 35.6 cm³/mol. The molecule has 0 aliphatic heterocycles. The number of nitrogens with one attached hydrogen (secondary N) is 1. The Bertz CT molecular complexity index is 195. The summed E-state index contributed by atoms with van der Waals surface area (Å²) in [5, 5.41) is 7.08. The maximum Gasteiger partial charge on any atom is 0.0490 e. The van der Waals surface area contributed by atoms with Crippen molar-refractivity contribution in [3.8, 4) is 0 Å². The minimum absolute atomic E-state index is 0.352. The van der Waals surface area contributed by atoms with Gasteiger partial charge in [0.2, 0.25) is 0 Å². The van der Waals surface area contributed by atoms with Crippen LogP contribution in [0.15, 0.2) is 12.3 Å². The van der Waals surface area contributed by atoms with Gasteiger partial charge in [0.05, 0.1) is 0 Å². The first-order valence-electron chi connectivity index (χ1n) is 3.01. The molecule has 0 bridgehead atoms. The molecule has 1 aliphatic rings. The third-order valence-electron chi connectivity index (χ3n) is 1.63. The van der Waals surface area contributed by atoms with Crippen molar-refractivity contribution in [2.75, 3.05) is 0 Å². The van der Waals surface area contributed by atoms with Crippen LogP contribution in [0.2, 0.25) is 0 Å². The van der Waals surface area contributed by atoms with E-state index < -0.39 is 0 Å². The maximum absolute atomic E-state index is 5.80. The summed E-state index contributed by atoms with van der Waals surface area (Å²) in [7, 11) is 0. The average molecular weight is 143 g/mol. The van der Waals surface area contributed by atoms with Gasteiger partial charge >= 0.3 is 0 Å². The monoisotopic (exact) mass is 142 g/mol. The van der Waals surface area contributed by atoms with Gasteiger partial charge in [0.1, 0.15) is 0 Å². The van der Waals surface area contributed by atoms with Gasteiger partial charge in [-0.05, 0) is 12.5 Å². The molecule has 48 valence electrons. The molecular formula is C6H7ClN2. The molecule has 0 aromatic carbocycles. The zero-order valence-corrected chi connectivity index (χ0v) is 5.60. The van der Waals surface area contributed by atoms with Crippen molar-refractivity contribution in [3.05, 3.63) is 18.0 Å². The van der Waals surface area contributed by atoms with Crippen molar-refractivity contribution in [3.63, 3.8) is 0 Å². The Morgan fingerprint density at radius 2 is 2.56 bits per heavy atom. The molecule has 1 saturated carbocycles. The van der Waals surface area contributed by atoms with E-state index in [-0.39, 0.29) is 0 Å². The quantitative estimate of drug-likeness (QED) is 0.592. The van der Waals surface area contributed by atoms with Gasteiger partial charge < -0.3 is 0 Å². The molecule has 0 spiro atoms. The Balaban J connectivity index is 2.18. The third-order valence-corrected chi connectivity index (χ3v) is 2.12. The van der Waals surface area contributed by atoms with E-state index in [1.54, 1.807) is 6.20 Å². The van der Waals surface area contributed by atoms with E-state index in [2.05, 4.69) is 10.2 Å². The van der Waals surface area contributed by atoms with Crippen LogP contribution in [-0.2, 0) is 0 Å². The van der Waals surface area contributed by atoms with Crippen LogP contribution in [0.1, 0.15) is 18.0 Å². The fourth-order valence-electron chi connectivity index (χ4n) is 0.959. The molecule has 9 heavy (non-hydrogen) atoms. The van der Waals surface area contributed by atoms with Crippen LogP contribution in [0.4, 0.5) is 0 Å². The van der Waals surface area contributed by atoms with Crippen molar-refractivity contribution in [1.82, 2.24) is 10.2 Å². The van der Waals surface area contributed by atoms with Crippen molar-refractivity contribution < 1.29 is 0 Å². The number of halogens is 1. The fourth-order valence-corrected chi connectivity index (χ4v) is 1.29. The molecule has 1 heterocycles. The lowest BCUT2D eigenvalue weighted by Crippen LogP contribution is -1.80. The largest absolute Gasteiger partial charge is 0.282 e. The smallest absolute Gasteiger partial charge is 0.0490 e. The minimum Gasteiger partial charge on any atom is -0.282 e. The standard InChI is InChI=1S/C6H7ClN2/c7-5-3-4(5)6-1-2-8-9-6/h1-2,4-5H,3H2,(H,8,9). The average Bonchev–Trinajstić information content (AvgIpc) is 2.44. The molecule has 2 unspecified atom stereocenters. The number of alkyl halides is 1. The van der Waals surface area contributed by atoms with E-state index >= 15 is 0 Å². The highest BCUT2D eigenvalue weighted by atomic mass is 35.5. The first-order chi connectivity index (χ1) is 4.38. The molecule has 2 rings (SSSR count). The van der Waals surface area contributed by atoms with E-state index in [9.17, 15) is 0 Å². The Labute approximate surface area is 58.2 Å². The zero-order valence-electron chi connectivity index (χ0n) is 4.84. The summed E-state index contributed by atoms with van der Waals surface area (Å²) in [6.07, 6.45) is 2.86. The summed E-state index contributed by atoms with van der Waals surface area (Å²) in [5.74, 6) is 0.550. The van der Waals surface area contributed by atoms with E-state index in [0.717, 1.165) is 6.42 Å². The van der Waals surface area contributed by atoms with Gasteiger partial charge in [-0.1, -0.05) is 0 Å². The normalized spacial score (nSPS) is 32.6. The van der Waals surface area contributed by atoms with Crippen LogP contribution < -0.4 is 0 Å². The van der Waals surface area contributed by atoms with Crippen molar-refractivity contribution in [2.45, 2.75) is 17.7 Å². The summed E-state index contributed by atoms with van der Waals surface area (Å²) < 4.78 is 0. The van der Waals surface area contributed by atoms with Gasteiger partial charge in [-0.3, -0.25) is 5.10 Å². The second kappa shape index (κ2) is 1.74. The van der Waals surface area contributed by atoms with Crippen LogP contribution in [0.3, 0.4) is 0 Å². The van der Waals surface area contributed by atoms with Gasteiger partial charge in [0.25, 0.3) is 0 Å². The summed E-state index contributed by atoms with van der Waals surface area (Å²) in [4.78, 5) is 0. The molecular weight excluding hydrogens is 136 g/mol. The van der Waals surface area contributed by atoms with Crippen LogP contribution >= 0.6 is 11.6 Å². The summed E-state index contributed by atoms with van der Waals surface area (Å²) in [6, 6.07) is 1.98. The number of rotatable bonds is 1. The molecule has 1 aromatic heterocycles. The number of aromatic nitrogens is 2. The van der Waals surface area contributed by atoms with Crippen LogP contribution in [0.5, 0.6) is 0 Å². The molecule has 1 fully saturated rings. The van der Waals surface area contributed by atoms with E-state index in [4.69, 9.17) is 11.6 Å². The molecule has 1 N–H and O–H groups in total. The first-order valence-corrected chi connectivity index (χ1v) is 3.45. The topological polar surface area (TPSA) is 28.7 Å². The zero-order chi connectivity index (χ0) is 6.27. The fraction of sp³-hybridized carbons (Fsp3) is 0.500. The molecule has 2 atom stereocenters. The number of hydrogen-bond donors (Lipinski definition) is 1. The number of nitrogens with zero attached hydrogens (tertiary/aromatic N) is 1. The third kappa shape index (κ3) is 0.833. The Kier molecular flexibility index (Phi) is 1.02. The minimum atomic E-state index is 0.352. The molecule has 0 saturated heterocycles. The highest BCUT2D eigenvalue weighted by Crippen LogP contribution is 2.43. The lowest BCUT2D eigenvalue weighted by atomic mass is 10.3. The predicted octanol–water partition coefficient (Wildman–Crippen LogP) is 1.50.